The Balaban J connectivity index is 2.05. The summed E-state index contributed by atoms with van der Waals surface area (Å²) in [6, 6.07) is 4.43. The Bertz CT molecular complexity index is 426. The highest BCUT2D eigenvalue weighted by Crippen LogP contribution is 2.65. The van der Waals surface area contributed by atoms with Crippen LogP contribution in [0, 0.1) is 32.6 Å². The SMILES string of the molecule is Cc1cc(C)c(C2(O)C3CCCCC32)c(C)c1. The fourth-order valence-corrected chi connectivity index (χ4v) is 4.28. The normalized spacial score (nSPS) is 35.5. The Morgan fingerprint density at radius 2 is 1.47 bits per heavy atom. The molecule has 1 nitrogen and oxygen atoms in total. The van der Waals surface area contributed by atoms with Crippen LogP contribution in [-0.2, 0) is 5.60 Å². The van der Waals surface area contributed by atoms with Crippen LogP contribution < -0.4 is 0 Å². The van der Waals surface area contributed by atoms with E-state index >= 15 is 0 Å². The molecule has 2 atom stereocenters. The molecule has 1 aromatic rings. The van der Waals surface area contributed by atoms with Gasteiger partial charge in [-0.1, -0.05) is 30.5 Å². The number of hydrogen-bond acceptors (Lipinski definition) is 1. The largest absolute Gasteiger partial charge is 0.385 e. The summed E-state index contributed by atoms with van der Waals surface area (Å²) in [4.78, 5) is 0. The van der Waals surface area contributed by atoms with Gasteiger partial charge in [-0.3, -0.25) is 0 Å². The molecule has 0 saturated heterocycles. The number of hydrogen-bond donors (Lipinski definition) is 1. The van der Waals surface area contributed by atoms with Crippen molar-refractivity contribution >= 4 is 0 Å². The molecular weight excluding hydrogens is 208 g/mol. The maximum Gasteiger partial charge on any atom is 0.0965 e. The quantitative estimate of drug-likeness (QED) is 0.781. The predicted octanol–water partition coefficient (Wildman–Crippen LogP) is 3.62. The van der Waals surface area contributed by atoms with Gasteiger partial charge in [-0.2, -0.15) is 0 Å². The fourth-order valence-electron chi connectivity index (χ4n) is 4.28. The molecule has 0 bridgehead atoms. The first-order valence-electron chi connectivity index (χ1n) is 6.86. The van der Waals surface area contributed by atoms with E-state index in [0.29, 0.717) is 11.8 Å². The third-order valence-electron chi connectivity index (χ3n) is 4.86. The van der Waals surface area contributed by atoms with Gasteiger partial charge < -0.3 is 5.11 Å². The molecule has 0 spiro atoms. The molecule has 0 aliphatic heterocycles. The topological polar surface area (TPSA) is 20.2 Å². The Labute approximate surface area is 104 Å². The van der Waals surface area contributed by atoms with Gasteiger partial charge in [0.05, 0.1) is 5.60 Å². The van der Waals surface area contributed by atoms with Gasteiger partial charge in [-0.15, -0.1) is 0 Å². The number of aryl methyl sites for hydroxylation is 3. The van der Waals surface area contributed by atoms with Crippen molar-refractivity contribution in [3.8, 4) is 0 Å². The average Bonchev–Trinajstić information content (AvgIpc) is 2.84. The minimum Gasteiger partial charge on any atom is -0.385 e. The number of aliphatic hydroxyl groups is 1. The van der Waals surface area contributed by atoms with Crippen molar-refractivity contribution in [1.29, 1.82) is 0 Å². The molecular formula is C16H22O. The Morgan fingerprint density at radius 1 is 1.00 bits per heavy atom. The molecule has 17 heavy (non-hydrogen) atoms. The van der Waals surface area contributed by atoms with Gasteiger partial charge in [0.2, 0.25) is 0 Å². The van der Waals surface area contributed by atoms with E-state index in [-0.39, 0.29) is 0 Å². The van der Waals surface area contributed by atoms with E-state index in [2.05, 4.69) is 32.9 Å². The monoisotopic (exact) mass is 230 g/mol. The van der Waals surface area contributed by atoms with Crippen molar-refractivity contribution in [2.24, 2.45) is 11.8 Å². The molecule has 1 N–H and O–H groups in total. The Kier molecular flexibility index (Phi) is 2.38. The van der Waals surface area contributed by atoms with Gasteiger partial charge in [-0.25, -0.2) is 0 Å². The molecule has 2 fully saturated rings. The lowest BCUT2D eigenvalue weighted by Crippen LogP contribution is -2.14. The third-order valence-corrected chi connectivity index (χ3v) is 4.86. The molecule has 0 heterocycles. The van der Waals surface area contributed by atoms with Crippen LogP contribution in [0.5, 0.6) is 0 Å². The van der Waals surface area contributed by atoms with E-state index in [1.54, 1.807) is 0 Å². The smallest absolute Gasteiger partial charge is 0.0965 e. The Morgan fingerprint density at radius 3 is 1.94 bits per heavy atom. The van der Waals surface area contributed by atoms with E-state index in [9.17, 15) is 5.11 Å². The van der Waals surface area contributed by atoms with Crippen LogP contribution in [0.4, 0.5) is 0 Å². The van der Waals surface area contributed by atoms with Gasteiger partial charge in [0.1, 0.15) is 0 Å². The second-order valence-corrected chi connectivity index (χ2v) is 6.10. The highest BCUT2D eigenvalue weighted by molar-refractivity contribution is 5.46. The summed E-state index contributed by atoms with van der Waals surface area (Å²) < 4.78 is 0. The zero-order chi connectivity index (χ0) is 12.2. The summed E-state index contributed by atoms with van der Waals surface area (Å²) in [7, 11) is 0. The number of fused-ring (bicyclic) bond motifs is 1. The third kappa shape index (κ3) is 1.48. The zero-order valence-electron chi connectivity index (χ0n) is 11.1. The Hall–Kier alpha value is -0.820. The summed E-state index contributed by atoms with van der Waals surface area (Å²) in [5.74, 6) is 1.08. The van der Waals surface area contributed by atoms with Gasteiger partial charge in [0.25, 0.3) is 0 Å². The van der Waals surface area contributed by atoms with Gasteiger partial charge in [0, 0.05) is 0 Å². The molecule has 3 rings (SSSR count). The van der Waals surface area contributed by atoms with Crippen molar-refractivity contribution in [3.05, 3.63) is 34.4 Å². The first-order valence-corrected chi connectivity index (χ1v) is 6.86. The second kappa shape index (κ2) is 3.58. The van der Waals surface area contributed by atoms with Crippen LogP contribution in [-0.4, -0.2) is 5.11 Å². The van der Waals surface area contributed by atoms with Crippen molar-refractivity contribution in [2.45, 2.75) is 52.1 Å². The first-order chi connectivity index (χ1) is 8.05. The molecule has 0 radical (unpaired) electrons. The average molecular weight is 230 g/mol. The fraction of sp³-hybridized carbons (Fsp3) is 0.625. The van der Waals surface area contributed by atoms with Crippen LogP contribution in [0.25, 0.3) is 0 Å². The molecule has 1 heteroatoms. The second-order valence-electron chi connectivity index (χ2n) is 6.10. The van der Waals surface area contributed by atoms with Gasteiger partial charge >= 0.3 is 0 Å². The molecule has 1 aromatic carbocycles. The van der Waals surface area contributed by atoms with Gasteiger partial charge in [-0.05, 0) is 62.1 Å². The summed E-state index contributed by atoms with van der Waals surface area (Å²) >= 11 is 0. The van der Waals surface area contributed by atoms with Crippen LogP contribution in [0.3, 0.4) is 0 Å². The van der Waals surface area contributed by atoms with Crippen LogP contribution in [0.15, 0.2) is 12.1 Å². The lowest BCUT2D eigenvalue weighted by Gasteiger charge is -2.18. The molecule has 2 unspecified atom stereocenters. The van der Waals surface area contributed by atoms with Crippen LogP contribution in [0.1, 0.15) is 47.9 Å². The lowest BCUT2D eigenvalue weighted by atomic mass is 9.92. The van der Waals surface area contributed by atoms with Crippen LogP contribution >= 0.6 is 0 Å². The minimum absolute atomic E-state index is 0.488. The highest BCUT2D eigenvalue weighted by atomic mass is 16.3. The summed E-state index contributed by atoms with van der Waals surface area (Å²) in [6.45, 7) is 6.43. The van der Waals surface area contributed by atoms with E-state index in [0.717, 1.165) is 0 Å². The van der Waals surface area contributed by atoms with Crippen molar-refractivity contribution in [3.63, 3.8) is 0 Å². The molecule has 2 aliphatic rings. The molecule has 2 aliphatic carbocycles. The number of rotatable bonds is 1. The number of benzene rings is 1. The standard InChI is InChI=1S/C16H22O/c1-10-8-11(2)15(12(3)9-10)16(17)13-6-4-5-7-14(13)16/h8-9,13-14,17H,4-7H2,1-3H3. The predicted molar refractivity (Wildman–Crippen MR) is 70.0 cm³/mol. The molecule has 92 valence electrons. The maximum atomic E-state index is 11.0. The molecule has 2 saturated carbocycles. The van der Waals surface area contributed by atoms with E-state index in [1.807, 2.05) is 0 Å². The summed E-state index contributed by atoms with van der Waals surface area (Å²) in [5, 5.41) is 11.0. The van der Waals surface area contributed by atoms with Crippen molar-refractivity contribution < 1.29 is 5.11 Å². The molecule has 0 aromatic heterocycles. The zero-order valence-corrected chi connectivity index (χ0v) is 11.1. The van der Waals surface area contributed by atoms with E-state index < -0.39 is 5.60 Å². The summed E-state index contributed by atoms with van der Waals surface area (Å²) in [5.41, 5.74) is 4.60. The first kappa shape index (κ1) is 11.3. The minimum atomic E-state index is -0.488. The van der Waals surface area contributed by atoms with Crippen molar-refractivity contribution in [1.82, 2.24) is 0 Å². The van der Waals surface area contributed by atoms with E-state index in [4.69, 9.17) is 0 Å². The van der Waals surface area contributed by atoms with Crippen LogP contribution in [0.2, 0.25) is 0 Å². The maximum absolute atomic E-state index is 11.0. The lowest BCUT2D eigenvalue weighted by molar-refractivity contribution is 0.116. The van der Waals surface area contributed by atoms with Gasteiger partial charge in [0.15, 0.2) is 0 Å². The van der Waals surface area contributed by atoms with Crippen molar-refractivity contribution in [2.75, 3.05) is 0 Å². The molecule has 0 amide bonds. The van der Waals surface area contributed by atoms with E-state index in [1.165, 1.54) is 47.9 Å². The summed E-state index contributed by atoms with van der Waals surface area (Å²) in [6.07, 6.45) is 5.03. The highest BCUT2D eigenvalue weighted by Gasteiger charge is 2.65.